The minimum Gasteiger partial charge on any atom is -0.478 e. The van der Waals surface area contributed by atoms with Crippen LogP contribution in [0.25, 0.3) is 0 Å². The molecule has 330 valence electrons. The second kappa shape index (κ2) is 21.0. The summed E-state index contributed by atoms with van der Waals surface area (Å²) in [4.78, 5) is 51.7. The highest BCUT2D eigenvalue weighted by molar-refractivity contribution is 7.86. The van der Waals surface area contributed by atoms with Gasteiger partial charge in [0.1, 0.15) is 17.8 Å². The fourth-order valence-corrected chi connectivity index (χ4v) is 7.89. The molecule has 2 aromatic rings. The van der Waals surface area contributed by atoms with Gasteiger partial charge in [-0.2, -0.15) is 8.42 Å². The minimum atomic E-state index is -4.47. The van der Waals surface area contributed by atoms with E-state index >= 15 is 0 Å². The van der Waals surface area contributed by atoms with Gasteiger partial charge in [-0.1, -0.05) is 95.6 Å². The summed E-state index contributed by atoms with van der Waals surface area (Å²) in [5.74, 6) is -4.08. The number of alkyl carbamates (subject to hydrolysis) is 1. The Morgan fingerprint density at radius 3 is 1.95 bits per heavy atom. The van der Waals surface area contributed by atoms with E-state index in [1.165, 1.54) is 18.2 Å². The first-order chi connectivity index (χ1) is 27.0. The highest BCUT2D eigenvalue weighted by Gasteiger charge is 2.46. The number of carboxylic acid groups (broad SMARTS) is 1. The van der Waals surface area contributed by atoms with Gasteiger partial charge in [-0.05, 0) is 89.7 Å². The molecule has 0 saturated carbocycles. The normalized spacial score (nSPS) is 15.5. The summed E-state index contributed by atoms with van der Waals surface area (Å²) < 4.78 is 58.8. The summed E-state index contributed by atoms with van der Waals surface area (Å²) in [7, 11) is -7.17. The number of esters is 2. The summed E-state index contributed by atoms with van der Waals surface area (Å²) in [6, 6.07) is 15.2. The van der Waals surface area contributed by atoms with E-state index in [4.69, 9.17) is 22.8 Å². The molecule has 0 spiro atoms. The van der Waals surface area contributed by atoms with Crippen LogP contribution in [0.5, 0.6) is 0 Å². The van der Waals surface area contributed by atoms with Crippen LogP contribution in [-0.2, 0) is 47.3 Å². The number of carboxylic acids is 1. The van der Waals surface area contributed by atoms with E-state index in [0.717, 1.165) is 11.6 Å². The molecular weight excluding hydrogens is 795 g/mol. The van der Waals surface area contributed by atoms with Gasteiger partial charge in [-0.15, -0.1) is 0 Å². The van der Waals surface area contributed by atoms with Crippen LogP contribution in [0.1, 0.15) is 106 Å². The van der Waals surface area contributed by atoms with Crippen molar-refractivity contribution in [3.63, 3.8) is 0 Å². The van der Waals surface area contributed by atoms with Crippen molar-refractivity contribution in [2.24, 2.45) is 17.3 Å². The molecular formula is C44H67NO12SSi. The second-order valence-electron chi connectivity index (χ2n) is 18.6. The van der Waals surface area contributed by atoms with Crippen molar-refractivity contribution >= 4 is 42.4 Å². The molecule has 5 atom stereocenters. The average Bonchev–Trinajstić information content (AvgIpc) is 3.10. The Morgan fingerprint density at radius 1 is 0.864 bits per heavy atom. The molecule has 0 unspecified atom stereocenters. The van der Waals surface area contributed by atoms with Crippen LogP contribution in [0, 0.1) is 24.2 Å². The Hall–Kier alpha value is -4.05. The quantitative estimate of drug-likeness (QED) is 0.0425. The predicted octanol–water partition coefficient (Wildman–Crippen LogP) is 8.92. The smallest absolute Gasteiger partial charge is 0.407 e. The van der Waals surface area contributed by atoms with E-state index in [-0.39, 0.29) is 35.2 Å². The van der Waals surface area contributed by atoms with Crippen LogP contribution in [0.4, 0.5) is 4.79 Å². The highest BCUT2D eigenvalue weighted by atomic mass is 32.2. The van der Waals surface area contributed by atoms with Crippen LogP contribution in [0.3, 0.4) is 0 Å². The summed E-state index contributed by atoms with van der Waals surface area (Å²) in [6.07, 6.45) is -3.56. The third-order valence-corrected chi connectivity index (χ3v) is 15.8. The summed E-state index contributed by atoms with van der Waals surface area (Å²) in [5.41, 5.74) is -0.598. The van der Waals surface area contributed by atoms with E-state index in [1.807, 2.05) is 52.1 Å². The number of hydrogen-bond donors (Lipinski definition) is 2. The molecule has 2 N–H and O–H groups in total. The van der Waals surface area contributed by atoms with Crippen LogP contribution < -0.4 is 5.32 Å². The van der Waals surface area contributed by atoms with Gasteiger partial charge >= 0.3 is 24.0 Å². The van der Waals surface area contributed by atoms with Gasteiger partial charge in [0.05, 0.1) is 16.4 Å². The number of nitrogens with one attached hydrogen (secondary N) is 1. The maximum absolute atomic E-state index is 14.2. The zero-order valence-electron chi connectivity index (χ0n) is 37.3. The van der Waals surface area contributed by atoms with E-state index in [2.05, 4.69) is 26.1 Å². The fraction of sp³-hybridized carbons (Fsp3) is 0.591. The Labute approximate surface area is 352 Å². The van der Waals surface area contributed by atoms with Crippen molar-refractivity contribution < 1.29 is 55.5 Å². The van der Waals surface area contributed by atoms with Crippen LogP contribution in [0.15, 0.2) is 71.6 Å². The first-order valence-corrected chi connectivity index (χ1v) is 24.3. The van der Waals surface area contributed by atoms with Gasteiger partial charge in [-0.3, -0.25) is 8.98 Å². The lowest BCUT2D eigenvalue weighted by molar-refractivity contribution is -0.180. The second-order valence-corrected chi connectivity index (χ2v) is 24.9. The number of rotatable bonds is 20. The molecule has 15 heteroatoms. The number of benzene rings is 2. The van der Waals surface area contributed by atoms with E-state index in [1.54, 1.807) is 65.8 Å². The number of aliphatic carboxylic acids is 1. The molecule has 13 nitrogen and oxygen atoms in total. The largest absolute Gasteiger partial charge is 0.478 e. The molecule has 0 saturated heterocycles. The van der Waals surface area contributed by atoms with Gasteiger partial charge < -0.3 is 29.1 Å². The summed E-state index contributed by atoms with van der Waals surface area (Å²) in [5, 5.41) is 11.7. The number of aryl methyl sites for hydroxylation is 1. The minimum absolute atomic E-state index is 0.0646. The fourth-order valence-electron chi connectivity index (χ4n) is 5.48. The van der Waals surface area contributed by atoms with Gasteiger partial charge in [0.2, 0.25) is 0 Å². The lowest BCUT2D eigenvalue weighted by Crippen LogP contribution is -2.48. The lowest BCUT2D eigenvalue weighted by Gasteiger charge is -2.43. The van der Waals surface area contributed by atoms with Crippen LogP contribution in [0.2, 0.25) is 18.1 Å². The first kappa shape index (κ1) is 51.1. The molecule has 0 bridgehead atoms. The van der Waals surface area contributed by atoms with Gasteiger partial charge in [0, 0.05) is 25.0 Å². The van der Waals surface area contributed by atoms with Crippen molar-refractivity contribution in [2.45, 2.75) is 149 Å². The third kappa shape index (κ3) is 16.5. The molecule has 0 aliphatic heterocycles. The maximum Gasteiger partial charge on any atom is 0.407 e. The maximum atomic E-state index is 14.2. The SMILES string of the molecule is Cc1ccc(S(=O)(=O)O[C@@H]([C@@H](C)[C@H](C/C=C/C(=O)O)OC(=O)[C@H](CC(C)C)OC(=O)C(C)(C)CNC(=O)OC(C)(C)C)[C@H](O[Si](C)(C)C(C)(C)C)c2ccccc2)cc1. The highest BCUT2D eigenvalue weighted by Crippen LogP contribution is 2.43. The number of amides is 1. The molecule has 0 heterocycles. The van der Waals surface area contributed by atoms with Gasteiger partial charge in [-0.25, -0.2) is 14.4 Å². The molecule has 2 aromatic carbocycles. The standard InChI is InChI=1S/C44H67NO12SSi/c1-29(2)27-35(54-40(49)44(11,12)28-45-41(50)55-42(5,6)7)39(48)53-34(21-18-22-36(46)47)31(4)37(56-58(51,52)33-25-23-30(3)24-26-33)38(32-19-16-15-17-20-32)57-59(13,14)43(8,9)10/h15-20,22-26,29,31,34-35,37-38H,21,27-28H2,1-14H3,(H,45,50)(H,46,47)/b22-18+/t31-,34-,35-,37-,38+/m0/s1. The van der Waals surface area contributed by atoms with E-state index in [0.29, 0.717) is 5.56 Å². The Balaban J connectivity index is 2.70. The molecule has 0 aromatic heterocycles. The Morgan fingerprint density at radius 2 is 1.44 bits per heavy atom. The summed E-state index contributed by atoms with van der Waals surface area (Å²) in [6.45, 7) is 25.4. The topological polar surface area (TPSA) is 181 Å². The number of hydrogen-bond acceptors (Lipinski definition) is 11. The zero-order chi connectivity index (χ0) is 45.1. The monoisotopic (exact) mass is 861 g/mol. The average molecular weight is 862 g/mol. The van der Waals surface area contributed by atoms with E-state index in [9.17, 15) is 32.7 Å². The number of ether oxygens (including phenoxy) is 3. The van der Waals surface area contributed by atoms with Crippen molar-refractivity contribution in [1.82, 2.24) is 5.32 Å². The zero-order valence-corrected chi connectivity index (χ0v) is 39.1. The van der Waals surface area contributed by atoms with E-state index < -0.39 is 83.8 Å². The first-order valence-electron chi connectivity index (χ1n) is 20.0. The third-order valence-electron chi connectivity index (χ3n) is 10.0. The van der Waals surface area contributed by atoms with Gasteiger partial charge in [0.25, 0.3) is 10.1 Å². The van der Waals surface area contributed by atoms with Crippen LogP contribution >= 0.6 is 0 Å². The lowest BCUT2D eigenvalue weighted by atomic mass is 9.89. The molecule has 1 amide bonds. The van der Waals surface area contributed by atoms with Crippen molar-refractivity contribution in [2.75, 3.05) is 6.54 Å². The predicted molar refractivity (Wildman–Crippen MR) is 228 cm³/mol. The van der Waals surface area contributed by atoms with Gasteiger partial charge in [0.15, 0.2) is 14.4 Å². The summed E-state index contributed by atoms with van der Waals surface area (Å²) >= 11 is 0. The number of carbonyl (C=O) groups excluding carboxylic acids is 3. The molecule has 0 aliphatic carbocycles. The molecule has 0 aliphatic rings. The molecule has 0 fully saturated rings. The van der Waals surface area contributed by atoms with Crippen molar-refractivity contribution in [1.29, 1.82) is 0 Å². The van der Waals surface area contributed by atoms with Crippen molar-refractivity contribution in [3.8, 4) is 0 Å². The Kier molecular flexibility index (Phi) is 18.1. The molecule has 59 heavy (non-hydrogen) atoms. The van der Waals surface area contributed by atoms with Crippen LogP contribution in [-0.4, -0.2) is 76.3 Å². The molecule has 2 rings (SSSR count). The number of carbonyl (C=O) groups is 4. The Bertz CT molecular complexity index is 1850. The molecule has 0 radical (unpaired) electrons. The van der Waals surface area contributed by atoms with Crippen molar-refractivity contribution in [3.05, 3.63) is 77.9 Å².